The lowest BCUT2D eigenvalue weighted by molar-refractivity contribution is 0.0762. The van der Waals surface area contributed by atoms with E-state index in [0.29, 0.717) is 25.2 Å². The number of nitrogens with zero attached hydrogens (tertiary/aromatic N) is 2. The Kier molecular flexibility index (Phi) is 6.63. The molecular weight excluding hydrogens is 326 g/mol. The van der Waals surface area contributed by atoms with Gasteiger partial charge in [-0.15, -0.1) is 0 Å². The summed E-state index contributed by atoms with van der Waals surface area (Å²) in [5, 5.41) is 0. The fourth-order valence-electron chi connectivity index (χ4n) is 3.20. The number of hydrogen-bond acceptors (Lipinski definition) is 4. The summed E-state index contributed by atoms with van der Waals surface area (Å²) in [6, 6.07) is 18.1. The summed E-state index contributed by atoms with van der Waals surface area (Å²) < 4.78 is 5.39. The zero-order valence-corrected chi connectivity index (χ0v) is 15.1. The van der Waals surface area contributed by atoms with Crippen LogP contribution in [0.3, 0.4) is 0 Å². The molecule has 3 rings (SSSR count). The summed E-state index contributed by atoms with van der Waals surface area (Å²) in [4.78, 5) is 17.0. The molecule has 26 heavy (non-hydrogen) atoms. The average molecular weight is 353 g/mol. The van der Waals surface area contributed by atoms with E-state index in [4.69, 9.17) is 10.5 Å². The van der Waals surface area contributed by atoms with Crippen molar-refractivity contribution in [1.29, 1.82) is 0 Å². The van der Waals surface area contributed by atoms with E-state index in [1.165, 1.54) is 5.56 Å². The van der Waals surface area contributed by atoms with Gasteiger partial charge < -0.3 is 20.3 Å². The number of carbonyl (C=O) groups excluding carboxylic acids is 1. The van der Waals surface area contributed by atoms with Gasteiger partial charge in [0.05, 0.1) is 13.2 Å². The Labute approximate surface area is 155 Å². The summed E-state index contributed by atoms with van der Waals surface area (Å²) in [6.07, 6.45) is 0.832. The Morgan fingerprint density at radius 1 is 1.00 bits per heavy atom. The fraction of sp³-hybridized carbons (Fsp3) is 0.381. The summed E-state index contributed by atoms with van der Waals surface area (Å²) in [6.45, 7) is 5.00. The van der Waals surface area contributed by atoms with Gasteiger partial charge in [-0.3, -0.25) is 4.79 Å². The van der Waals surface area contributed by atoms with Gasteiger partial charge in [-0.25, -0.2) is 0 Å². The summed E-state index contributed by atoms with van der Waals surface area (Å²) >= 11 is 0. The molecule has 0 saturated carbocycles. The Bertz CT molecular complexity index is 682. The van der Waals surface area contributed by atoms with E-state index in [9.17, 15) is 4.79 Å². The molecule has 1 aliphatic rings. The minimum atomic E-state index is 0.0416. The van der Waals surface area contributed by atoms with Gasteiger partial charge in [-0.05, 0) is 36.2 Å². The Morgan fingerprint density at radius 2 is 1.69 bits per heavy atom. The van der Waals surface area contributed by atoms with E-state index in [0.717, 1.165) is 38.4 Å². The molecular formula is C21H27N3O2. The lowest BCUT2D eigenvalue weighted by Crippen LogP contribution is -2.37. The Hall–Kier alpha value is -2.37. The average Bonchev–Trinajstić information content (AvgIpc) is 2.72. The SMILES string of the molecule is NCCN(CCc1ccccc1)C(=O)c1ccc(N2CCOCC2)cc1. The van der Waals surface area contributed by atoms with Crippen LogP contribution in [0.4, 0.5) is 5.69 Å². The number of amides is 1. The van der Waals surface area contributed by atoms with Crippen molar-refractivity contribution in [2.24, 2.45) is 5.73 Å². The quantitative estimate of drug-likeness (QED) is 0.829. The zero-order chi connectivity index (χ0) is 18.2. The number of morpholine rings is 1. The number of nitrogens with two attached hydrogens (primary N) is 1. The molecule has 1 fully saturated rings. The molecule has 0 spiro atoms. The van der Waals surface area contributed by atoms with Crippen LogP contribution in [-0.4, -0.2) is 56.7 Å². The van der Waals surface area contributed by atoms with Gasteiger partial charge in [-0.2, -0.15) is 0 Å². The molecule has 0 aromatic heterocycles. The number of benzene rings is 2. The smallest absolute Gasteiger partial charge is 0.253 e. The van der Waals surface area contributed by atoms with E-state index >= 15 is 0 Å². The van der Waals surface area contributed by atoms with Gasteiger partial charge in [0, 0.05) is 44.0 Å². The molecule has 1 aliphatic heterocycles. The van der Waals surface area contributed by atoms with Crippen molar-refractivity contribution in [2.75, 3.05) is 50.8 Å². The van der Waals surface area contributed by atoms with Crippen LogP contribution >= 0.6 is 0 Å². The lowest BCUT2D eigenvalue weighted by atomic mass is 10.1. The standard InChI is InChI=1S/C21H27N3O2/c22-11-13-24(12-10-18-4-2-1-3-5-18)21(25)19-6-8-20(9-7-19)23-14-16-26-17-15-23/h1-9H,10-17,22H2. The second kappa shape index (κ2) is 9.36. The molecule has 0 aliphatic carbocycles. The van der Waals surface area contributed by atoms with Crippen molar-refractivity contribution < 1.29 is 9.53 Å². The summed E-state index contributed by atoms with van der Waals surface area (Å²) in [5.74, 6) is 0.0416. The number of carbonyl (C=O) groups is 1. The first kappa shape index (κ1) is 18.4. The monoisotopic (exact) mass is 353 g/mol. The molecule has 2 N–H and O–H groups in total. The van der Waals surface area contributed by atoms with Crippen molar-refractivity contribution in [2.45, 2.75) is 6.42 Å². The van der Waals surface area contributed by atoms with Gasteiger partial charge >= 0.3 is 0 Å². The van der Waals surface area contributed by atoms with E-state index < -0.39 is 0 Å². The van der Waals surface area contributed by atoms with Crippen LogP contribution in [0.25, 0.3) is 0 Å². The van der Waals surface area contributed by atoms with E-state index in [1.807, 2.05) is 47.4 Å². The first-order valence-electron chi connectivity index (χ1n) is 9.24. The van der Waals surface area contributed by atoms with Crippen LogP contribution in [0, 0.1) is 0 Å². The molecule has 1 amide bonds. The van der Waals surface area contributed by atoms with Gasteiger partial charge in [0.1, 0.15) is 0 Å². The summed E-state index contributed by atoms with van der Waals surface area (Å²) in [5.41, 5.74) is 8.80. The maximum atomic E-state index is 12.9. The predicted octanol–water partition coefficient (Wildman–Crippen LogP) is 2.17. The Balaban J connectivity index is 1.64. The zero-order valence-electron chi connectivity index (χ0n) is 15.1. The van der Waals surface area contributed by atoms with E-state index in [-0.39, 0.29) is 5.91 Å². The highest BCUT2D eigenvalue weighted by Crippen LogP contribution is 2.17. The van der Waals surface area contributed by atoms with Gasteiger partial charge in [0.25, 0.3) is 5.91 Å². The molecule has 1 heterocycles. The fourth-order valence-corrected chi connectivity index (χ4v) is 3.20. The Morgan fingerprint density at radius 3 is 2.35 bits per heavy atom. The lowest BCUT2D eigenvalue weighted by Gasteiger charge is -2.29. The van der Waals surface area contributed by atoms with Gasteiger partial charge in [-0.1, -0.05) is 30.3 Å². The first-order valence-corrected chi connectivity index (χ1v) is 9.24. The molecule has 0 atom stereocenters. The highest BCUT2D eigenvalue weighted by molar-refractivity contribution is 5.94. The molecule has 2 aromatic carbocycles. The normalized spacial score (nSPS) is 14.3. The third-order valence-electron chi connectivity index (χ3n) is 4.69. The second-order valence-corrected chi connectivity index (χ2v) is 6.46. The van der Waals surface area contributed by atoms with Crippen LogP contribution in [0.15, 0.2) is 54.6 Å². The number of hydrogen-bond donors (Lipinski definition) is 1. The second-order valence-electron chi connectivity index (χ2n) is 6.46. The topological polar surface area (TPSA) is 58.8 Å². The minimum Gasteiger partial charge on any atom is -0.378 e. The number of anilines is 1. The van der Waals surface area contributed by atoms with Crippen molar-refractivity contribution in [3.05, 3.63) is 65.7 Å². The molecule has 5 nitrogen and oxygen atoms in total. The van der Waals surface area contributed by atoms with Crippen LogP contribution < -0.4 is 10.6 Å². The molecule has 0 radical (unpaired) electrons. The molecule has 0 unspecified atom stereocenters. The first-order chi connectivity index (χ1) is 12.8. The third kappa shape index (κ3) is 4.84. The maximum absolute atomic E-state index is 12.9. The minimum absolute atomic E-state index is 0.0416. The molecule has 0 bridgehead atoms. The van der Waals surface area contributed by atoms with Crippen molar-refractivity contribution in [3.63, 3.8) is 0 Å². The molecule has 138 valence electrons. The molecule has 5 heteroatoms. The predicted molar refractivity (Wildman–Crippen MR) is 105 cm³/mol. The molecule has 2 aromatic rings. The van der Waals surface area contributed by atoms with Crippen LogP contribution in [0.2, 0.25) is 0 Å². The number of rotatable bonds is 7. The van der Waals surface area contributed by atoms with Crippen LogP contribution in [-0.2, 0) is 11.2 Å². The van der Waals surface area contributed by atoms with E-state index in [1.54, 1.807) is 0 Å². The van der Waals surface area contributed by atoms with Crippen molar-refractivity contribution >= 4 is 11.6 Å². The summed E-state index contributed by atoms with van der Waals surface area (Å²) in [7, 11) is 0. The van der Waals surface area contributed by atoms with Gasteiger partial charge in [0.2, 0.25) is 0 Å². The van der Waals surface area contributed by atoms with Crippen LogP contribution in [0.5, 0.6) is 0 Å². The molecule has 1 saturated heterocycles. The highest BCUT2D eigenvalue weighted by Gasteiger charge is 2.16. The van der Waals surface area contributed by atoms with Crippen molar-refractivity contribution in [1.82, 2.24) is 4.90 Å². The van der Waals surface area contributed by atoms with Gasteiger partial charge in [0.15, 0.2) is 0 Å². The van der Waals surface area contributed by atoms with Crippen molar-refractivity contribution in [3.8, 4) is 0 Å². The van der Waals surface area contributed by atoms with E-state index in [2.05, 4.69) is 17.0 Å². The number of ether oxygens (including phenoxy) is 1. The highest BCUT2D eigenvalue weighted by atomic mass is 16.5. The largest absolute Gasteiger partial charge is 0.378 e. The third-order valence-corrected chi connectivity index (χ3v) is 4.69. The maximum Gasteiger partial charge on any atom is 0.253 e. The van der Waals surface area contributed by atoms with Crippen LogP contribution in [0.1, 0.15) is 15.9 Å².